The predicted octanol–water partition coefficient (Wildman–Crippen LogP) is 4.26. The van der Waals surface area contributed by atoms with E-state index in [0.29, 0.717) is 46.6 Å². The third-order valence-electron chi connectivity index (χ3n) is 3.63. The van der Waals surface area contributed by atoms with Crippen molar-refractivity contribution in [1.82, 2.24) is 14.7 Å². The van der Waals surface area contributed by atoms with E-state index in [9.17, 15) is 9.18 Å². The maximum atomic E-state index is 13.2. The number of imidazole rings is 1. The van der Waals surface area contributed by atoms with Gasteiger partial charge in [0.05, 0.1) is 23.9 Å². The van der Waals surface area contributed by atoms with Crippen molar-refractivity contribution in [3.05, 3.63) is 64.3 Å². The number of carbonyl (C=O) groups is 1. The first-order chi connectivity index (χ1) is 12.5. The van der Waals surface area contributed by atoms with Gasteiger partial charge in [0.15, 0.2) is 0 Å². The fourth-order valence-corrected chi connectivity index (χ4v) is 2.85. The third-order valence-corrected chi connectivity index (χ3v) is 4.16. The van der Waals surface area contributed by atoms with Crippen LogP contribution in [-0.4, -0.2) is 21.9 Å². The second kappa shape index (κ2) is 8.38. The van der Waals surface area contributed by atoms with Crippen LogP contribution in [0.25, 0.3) is 5.65 Å². The molecule has 0 spiro atoms. The van der Waals surface area contributed by atoms with Crippen LogP contribution < -0.4 is 10.1 Å². The molecule has 0 saturated carbocycles. The number of hydrogen-bond donors (Lipinski definition) is 1. The van der Waals surface area contributed by atoms with Crippen molar-refractivity contribution in [2.45, 2.75) is 19.4 Å². The van der Waals surface area contributed by atoms with Gasteiger partial charge < -0.3 is 14.5 Å². The summed E-state index contributed by atoms with van der Waals surface area (Å²) in [6, 6.07) is 7.91. The normalized spacial score (nSPS) is 10.9. The number of pyridine rings is 1. The molecule has 3 rings (SSSR count). The first kappa shape index (κ1) is 18.5. The summed E-state index contributed by atoms with van der Waals surface area (Å²) in [5, 5.41) is 3.76. The number of amides is 1. The smallest absolute Gasteiger partial charge is 0.220 e. The lowest BCUT2D eigenvalue weighted by Crippen LogP contribution is -2.23. The molecule has 0 aliphatic rings. The van der Waals surface area contributed by atoms with Crippen molar-refractivity contribution < 1.29 is 13.9 Å². The molecule has 0 radical (unpaired) electrons. The molecule has 0 saturated heterocycles. The van der Waals surface area contributed by atoms with Crippen LogP contribution in [0.1, 0.15) is 18.5 Å². The van der Waals surface area contributed by atoms with Crippen LogP contribution in [0.3, 0.4) is 0 Å². The monoisotopic (exact) mass is 395 g/mol. The number of halogens is 3. The van der Waals surface area contributed by atoms with E-state index in [0.717, 1.165) is 0 Å². The molecule has 0 fully saturated rings. The lowest BCUT2D eigenvalue weighted by atomic mass is 10.3. The topological polar surface area (TPSA) is 55.6 Å². The largest absolute Gasteiger partial charge is 0.492 e. The Balaban J connectivity index is 1.41. The Morgan fingerprint density at radius 3 is 2.88 bits per heavy atom. The standard InChI is InChI=1S/C18H16Cl2FN3O2/c19-12-3-5-16(15(20)8-12)26-7-1-2-18(25)22-9-14-11-24-10-13(21)4-6-17(24)23-14/h3-6,8,10-11H,1-2,7,9H2,(H,22,25). The lowest BCUT2D eigenvalue weighted by molar-refractivity contribution is -0.121. The molecular formula is C18H16Cl2FN3O2. The number of rotatable bonds is 7. The van der Waals surface area contributed by atoms with E-state index < -0.39 is 0 Å². The maximum Gasteiger partial charge on any atom is 0.220 e. The van der Waals surface area contributed by atoms with Gasteiger partial charge in [0.25, 0.3) is 0 Å². The highest BCUT2D eigenvalue weighted by atomic mass is 35.5. The van der Waals surface area contributed by atoms with Gasteiger partial charge in [-0.15, -0.1) is 0 Å². The third kappa shape index (κ3) is 4.86. The van der Waals surface area contributed by atoms with Gasteiger partial charge in [0.2, 0.25) is 5.91 Å². The molecule has 26 heavy (non-hydrogen) atoms. The summed E-state index contributed by atoms with van der Waals surface area (Å²) in [5.41, 5.74) is 1.29. The fraction of sp³-hybridized carbons (Fsp3) is 0.222. The summed E-state index contributed by atoms with van der Waals surface area (Å²) >= 11 is 11.8. The summed E-state index contributed by atoms with van der Waals surface area (Å²) in [6.07, 6.45) is 3.88. The van der Waals surface area contributed by atoms with E-state index in [4.69, 9.17) is 27.9 Å². The van der Waals surface area contributed by atoms with Crippen molar-refractivity contribution in [2.75, 3.05) is 6.61 Å². The molecule has 0 unspecified atom stereocenters. The minimum atomic E-state index is -0.341. The van der Waals surface area contributed by atoms with Gasteiger partial charge >= 0.3 is 0 Å². The van der Waals surface area contributed by atoms with Crippen LogP contribution >= 0.6 is 23.2 Å². The van der Waals surface area contributed by atoms with Crippen molar-refractivity contribution >= 4 is 34.8 Å². The van der Waals surface area contributed by atoms with Gasteiger partial charge in [-0.3, -0.25) is 4.79 Å². The second-order valence-electron chi connectivity index (χ2n) is 5.65. The molecule has 3 aromatic rings. The van der Waals surface area contributed by atoms with Crippen molar-refractivity contribution in [3.8, 4) is 5.75 Å². The van der Waals surface area contributed by atoms with E-state index in [1.165, 1.54) is 12.3 Å². The second-order valence-corrected chi connectivity index (χ2v) is 6.49. The van der Waals surface area contributed by atoms with Gasteiger partial charge in [-0.2, -0.15) is 0 Å². The van der Waals surface area contributed by atoms with Crippen LogP contribution in [0.2, 0.25) is 10.0 Å². The SMILES string of the molecule is O=C(CCCOc1ccc(Cl)cc1Cl)NCc1cn2cc(F)ccc2n1. The molecule has 0 aliphatic heterocycles. The molecular weight excluding hydrogens is 380 g/mol. The molecule has 136 valence electrons. The van der Waals surface area contributed by atoms with Crippen LogP contribution in [-0.2, 0) is 11.3 Å². The van der Waals surface area contributed by atoms with E-state index in [-0.39, 0.29) is 18.3 Å². The van der Waals surface area contributed by atoms with E-state index in [1.807, 2.05) is 0 Å². The van der Waals surface area contributed by atoms with E-state index in [1.54, 1.807) is 34.9 Å². The zero-order valence-corrected chi connectivity index (χ0v) is 15.2. The number of carbonyl (C=O) groups excluding carboxylic acids is 1. The number of hydrogen-bond acceptors (Lipinski definition) is 3. The zero-order chi connectivity index (χ0) is 18.5. The van der Waals surface area contributed by atoms with Crippen LogP contribution in [0.15, 0.2) is 42.7 Å². The summed E-state index contributed by atoms with van der Waals surface area (Å²) in [6.45, 7) is 0.647. The Labute approximate surface area is 159 Å². The lowest BCUT2D eigenvalue weighted by Gasteiger charge is -2.08. The fourth-order valence-electron chi connectivity index (χ4n) is 2.39. The minimum absolute atomic E-state index is 0.112. The molecule has 8 heteroatoms. The van der Waals surface area contributed by atoms with Gasteiger partial charge in [-0.05, 0) is 36.8 Å². The van der Waals surface area contributed by atoms with Crippen molar-refractivity contribution in [1.29, 1.82) is 0 Å². The minimum Gasteiger partial charge on any atom is -0.492 e. The Morgan fingerprint density at radius 1 is 1.23 bits per heavy atom. The highest BCUT2D eigenvalue weighted by Gasteiger charge is 2.07. The Bertz CT molecular complexity index is 930. The molecule has 2 aromatic heterocycles. The maximum absolute atomic E-state index is 13.2. The number of ether oxygens (including phenoxy) is 1. The number of nitrogens with one attached hydrogen (secondary N) is 1. The quantitative estimate of drug-likeness (QED) is 0.608. The van der Waals surface area contributed by atoms with Crippen molar-refractivity contribution in [3.63, 3.8) is 0 Å². The average molecular weight is 396 g/mol. The Hall–Kier alpha value is -2.31. The predicted molar refractivity (Wildman–Crippen MR) is 98.2 cm³/mol. The summed E-state index contributed by atoms with van der Waals surface area (Å²) < 4.78 is 20.3. The highest BCUT2D eigenvalue weighted by molar-refractivity contribution is 6.35. The van der Waals surface area contributed by atoms with Crippen molar-refractivity contribution in [2.24, 2.45) is 0 Å². The number of fused-ring (bicyclic) bond motifs is 1. The first-order valence-corrected chi connectivity index (χ1v) is 8.74. The number of nitrogens with zero attached hydrogens (tertiary/aromatic N) is 2. The van der Waals surface area contributed by atoms with Crippen LogP contribution in [0.5, 0.6) is 5.75 Å². The summed E-state index contributed by atoms with van der Waals surface area (Å²) in [7, 11) is 0. The van der Waals surface area contributed by atoms with Crippen LogP contribution in [0.4, 0.5) is 4.39 Å². The van der Waals surface area contributed by atoms with Gasteiger partial charge in [0, 0.05) is 23.8 Å². The molecule has 0 bridgehead atoms. The van der Waals surface area contributed by atoms with E-state index in [2.05, 4.69) is 10.3 Å². The molecule has 5 nitrogen and oxygen atoms in total. The average Bonchev–Trinajstić information content (AvgIpc) is 3.00. The van der Waals surface area contributed by atoms with Gasteiger partial charge in [-0.25, -0.2) is 9.37 Å². The number of aromatic nitrogens is 2. The molecule has 1 amide bonds. The van der Waals surface area contributed by atoms with Gasteiger partial charge in [0.1, 0.15) is 17.2 Å². The van der Waals surface area contributed by atoms with E-state index >= 15 is 0 Å². The van der Waals surface area contributed by atoms with Crippen LogP contribution in [0, 0.1) is 5.82 Å². The summed E-state index contributed by atoms with van der Waals surface area (Å²) in [4.78, 5) is 16.2. The molecule has 1 aromatic carbocycles. The summed E-state index contributed by atoms with van der Waals surface area (Å²) in [5.74, 6) is 0.0822. The molecule has 0 atom stereocenters. The number of benzene rings is 1. The Morgan fingerprint density at radius 2 is 2.08 bits per heavy atom. The molecule has 1 N–H and O–H groups in total. The first-order valence-electron chi connectivity index (χ1n) is 7.99. The zero-order valence-electron chi connectivity index (χ0n) is 13.7. The highest BCUT2D eigenvalue weighted by Crippen LogP contribution is 2.27. The van der Waals surface area contributed by atoms with Gasteiger partial charge in [-0.1, -0.05) is 23.2 Å². The molecule has 2 heterocycles. The molecule has 0 aliphatic carbocycles. The Kier molecular flexibility index (Phi) is 5.96.